The molecule has 0 radical (unpaired) electrons. The van der Waals surface area contributed by atoms with E-state index in [1.807, 2.05) is 0 Å². The number of nitrogens with zero attached hydrogens (tertiary/aromatic N) is 1. The van der Waals surface area contributed by atoms with Gasteiger partial charge in [-0.1, -0.05) is 30.0 Å². The van der Waals surface area contributed by atoms with Crippen molar-refractivity contribution < 1.29 is 28.6 Å². The van der Waals surface area contributed by atoms with Crippen LogP contribution in [0.2, 0.25) is 0 Å². The molecule has 0 atom stereocenters. The molecule has 2 aromatic rings. The molecule has 33 heavy (non-hydrogen) atoms. The Kier molecular flexibility index (Phi) is 8.07. The lowest BCUT2D eigenvalue weighted by molar-refractivity contribution is -0.126. The monoisotopic (exact) mass is 486 g/mol. The Hall–Kier alpha value is -3.37. The molecule has 10 heteroatoms. The van der Waals surface area contributed by atoms with Gasteiger partial charge in [0.15, 0.2) is 11.5 Å². The van der Waals surface area contributed by atoms with Crippen molar-refractivity contribution in [2.24, 2.45) is 0 Å². The lowest BCUT2D eigenvalue weighted by Gasteiger charge is -2.14. The van der Waals surface area contributed by atoms with E-state index in [1.165, 1.54) is 12.0 Å². The number of thioether (sulfide) groups is 1. The molecule has 2 aromatic carbocycles. The summed E-state index contributed by atoms with van der Waals surface area (Å²) in [5.74, 6) is -0.0893. The zero-order chi connectivity index (χ0) is 24.0. The van der Waals surface area contributed by atoms with Crippen LogP contribution < -0.4 is 14.8 Å². The van der Waals surface area contributed by atoms with E-state index in [9.17, 15) is 14.4 Å². The Morgan fingerprint density at radius 3 is 2.42 bits per heavy atom. The summed E-state index contributed by atoms with van der Waals surface area (Å²) < 4.78 is 15.7. The molecule has 1 saturated heterocycles. The Bertz CT molecular complexity index is 1110. The van der Waals surface area contributed by atoms with Crippen LogP contribution in [0.15, 0.2) is 47.4 Å². The minimum Gasteiger partial charge on any atom is -0.493 e. The molecule has 8 nitrogen and oxygen atoms in total. The lowest BCUT2D eigenvalue weighted by Crippen LogP contribution is -2.36. The van der Waals surface area contributed by atoms with Gasteiger partial charge in [0.25, 0.3) is 5.91 Å². The fourth-order valence-corrected chi connectivity index (χ4v) is 4.23. The number of carbonyl (C=O) groups is 3. The van der Waals surface area contributed by atoms with Gasteiger partial charge in [-0.15, -0.1) is 0 Å². The number of nitrogens with one attached hydrogen (secondary N) is 1. The summed E-state index contributed by atoms with van der Waals surface area (Å²) in [5.41, 5.74) is 1.60. The fraction of sp³-hybridized carbons (Fsp3) is 0.217. The van der Waals surface area contributed by atoms with Crippen molar-refractivity contribution >= 4 is 57.8 Å². The van der Waals surface area contributed by atoms with Crippen LogP contribution in [0.1, 0.15) is 22.8 Å². The van der Waals surface area contributed by atoms with E-state index in [-0.39, 0.29) is 19.1 Å². The molecule has 1 aliphatic rings. The van der Waals surface area contributed by atoms with Crippen molar-refractivity contribution in [3.05, 3.63) is 58.5 Å². The summed E-state index contributed by atoms with van der Waals surface area (Å²) in [6, 6.07) is 11.6. The van der Waals surface area contributed by atoms with Gasteiger partial charge in [0, 0.05) is 5.69 Å². The SMILES string of the molecule is CCOC(=O)c1ccc(NC(=O)CN2C(=O)C(=Cc3ccc(OC)c(OC)c3)SC2=S)cc1. The smallest absolute Gasteiger partial charge is 0.338 e. The van der Waals surface area contributed by atoms with E-state index >= 15 is 0 Å². The van der Waals surface area contributed by atoms with Crippen LogP contribution in [-0.4, -0.2) is 54.4 Å². The average Bonchev–Trinajstić information content (AvgIpc) is 3.06. The van der Waals surface area contributed by atoms with Crippen LogP contribution >= 0.6 is 24.0 Å². The summed E-state index contributed by atoms with van der Waals surface area (Å²) in [4.78, 5) is 38.7. The van der Waals surface area contributed by atoms with Gasteiger partial charge in [-0.3, -0.25) is 14.5 Å². The summed E-state index contributed by atoms with van der Waals surface area (Å²) in [7, 11) is 3.08. The first-order chi connectivity index (χ1) is 15.9. The minimum absolute atomic E-state index is 0.229. The number of amides is 2. The second kappa shape index (κ2) is 11.0. The van der Waals surface area contributed by atoms with Crippen molar-refractivity contribution in [2.45, 2.75) is 6.92 Å². The van der Waals surface area contributed by atoms with Crippen LogP contribution in [-0.2, 0) is 14.3 Å². The van der Waals surface area contributed by atoms with Crippen LogP contribution in [0.3, 0.4) is 0 Å². The zero-order valence-electron chi connectivity index (χ0n) is 18.2. The van der Waals surface area contributed by atoms with Crippen LogP contribution in [0.4, 0.5) is 5.69 Å². The number of carbonyl (C=O) groups excluding carboxylic acids is 3. The maximum Gasteiger partial charge on any atom is 0.338 e. The molecule has 172 valence electrons. The van der Waals surface area contributed by atoms with E-state index in [0.29, 0.717) is 32.0 Å². The van der Waals surface area contributed by atoms with Gasteiger partial charge in [0.1, 0.15) is 10.9 Å². The Morgan fingerprint density at radius 2 is 1.79 bits per heavy atom. The zero-order valence-corrected chi connectivity index (χ0v) is 19.9. The molecular formula is C23H22N2O6S2. The summed E-state index contributed by atoms with van der Waals surface area (Å²) in [6.07, 6.45) is 1.69. The molecular weight excluding hydrogens is 464 g/mol. The molecule has 0 aliphatic carbocycles. The van der Waals surface area contributed by atoms with E-state index in [2.05, 4.69) is 5.32 Å². The number of ether oxygens (including phenoxy) is 3. The quantitative estimate of drug-likeness (QED) is 0.343. The molecule has 0 bridgehead atoms. The van der Waals surface area contributed by atoms with E-state index in [0.717, 1.165) is 17.3 Å². The number of thiocarbonyl (C=S) groups is 1. The molecule has 0 saturated carbocycles. The lowest BCUT2D eigenvalue weighted by atomic mass is 10.2. The van der Waals surface area contributed by atoms with Crippen molar-refractivity contribution in [3.8, 4) is 11.5 Å². The van der Waals surface area contributed by atoms with Gasteiger partial charge < -0.3 is 19.5 Å². The maximum atomic E-state index is 12.8. The Labute approximate surface area is 200 Å². The highest BCUT2D eigenvalue weighted by Gasteiger charge is 2.33. The largest absolute Gasteiger partial charge is 0.493 e. The minimum atomic E-state index is -0.436. The third-order valence-corrected chi connectivity index (χ3v) is 5.94. The highest BCUT2D eigenvalue weighted by molar-refractivity contribution is 8.26. The fourth-order valence-electron chi connectivity index (χ4n) is 2.98. The summed E-state index contributed by atoms with van der Waals surface area (Å²) >= 11 is 6.43. The molecule has 3 rings (SSSR count). The topological polar surface area (TPSA) is 94.2 Å². The second-order valence-electron chi connectivity index (χ2n) is 6.73. The first kappa shape index (κ1) is 24.3. The molecule has 0 aromatic heterocycles. The highest BCUT2D eigenvalue weighted by Crippen LogP contribution is 2.34. The Balaban J connectivity index is 1.65. The van der Waals surface area contributed by atoms with Gasteiger partial charge in [-0.2, -0.15) is 0 Å². The van der Waals surface area contributed by atoms with Gasteiger partial charge in [0.05, 0.1) is 31.3 Å². The number of rotatable bonds is 8. The number of anilines is 1. The summed E-state index contributed by atoms with van der Waals surface area (Å²) in [5, 5.41) is 2.70. The van der Waals surface area contributed by atoms with Crippen LogP contribution in [0.25, 0.3) is 6.08 Å². The molecule has 0 spiro atoms. The standard InChI is InChI=1S/C23H22N2O6S2/c1-4-31-22(28)15-6-8-16(9-7-15)24-20(26)13-25-21(27)19(33-23(25)32)12-14-5-10-17(29-2)18(11-14)30-3/h5-12H,4,13H2,1-3H3,(H,24,26). The van der Waals surface area contributed by atoms with E-state index in [1.54, 1.807) is 62.6 Å². The predicted molar refractivity (Wildman–Crippen MR) is 130 cm³/mol. The molecule has 0 unspecified atom stereocenters. The van der Waals surface area contributed by atoms with Crippen molar-refractivity contribution in [2.75, 3.05) is 32.7 Å². The first-order valence-corrected chi connectivity index (χ1v) is 11.1. The third-order valence-electron chi connectivity index (χ3n) is 4.56. The number of benzene rings is 2. The van der Waals surface area contributed by atoms with Crippen molar-refractivity contribution in [1.29, 1.82) is 0 Å². The van der Waals surface area contributed by atoms with E-state index in [4.69, 9.17) is 26.4 Å². The number of hydrogen-bond acceptors (Lipinski definition) is 8. The Morgan fingerprint density at radius 1 is 1.09 bits per heavy atom. The molecule has 1 aliphatic heterocycles. The molecule has 2 amide bonds. The van der Waals surface area contributed by atoms with Gasteiger partial charge in [0.2, 0.25) is 5.91 Å². The average molecular weight is 487 g/mol. The first-order valence-electron chi connectivity index (χ1n) is 9.90. The molecule has 1 N–H and O–H groups in total. The number of esters is 1. The van der Waals surface area contributed by atoms with Gasteiger partial charge in [-0.25, -0.2) is 4.79 Å². The maximum absolute atomic E-state index is 12.8. The third kappa shape index (κ3) is 5.91. The highest BCUT2D eigenvalue weighted by atomic mass is 32.2. The molecule has 1 fully saturated rings. The number of hydrogen-bond donors (Lipinski definition) is 1. The van der Waals surface area contributed by atoms with Gasteiger partial charge in [-0.05, 0) is 55.0 Å². The second-order valence-corrected chi connectivity index (χ2v) is 8.40. The normalized spacial score (nSPS) is 14.4. The van der Waals surface area contributed by atoms with Crippen LogP contribution in [0, 0.1) is 0 Å². The molecule has 1 heterocycles. The van der Waals surface area contributed by atoms with Crippen molar-refractivity contribution in [3.63, 3.8) is 0 Å². The number of methoxy groups -OCH3 is 2. The van der Waals surface area contributed by atoms with E-state index < -0.39 is 11.9 Å². The van der Waals surface area contributed by atoms with Crippen molar-refractivity contribution in [1.82, 2.24) is 4.90 Å². The van der Waals surface area contributed by atoms with Gasteiger partial charge >= 0.3 is 5.97 Å². The predicted octanol–water partition coefficient (Wildman–Crippen LogP) is 3.72. The summed E-state index contributed by atoms with van der Waals surface area (Å²) in [6.45, 7) is 1.78. The van der Waals surface area contributed by atoms with Crippen LogP contribution in [0.5, 0.6) is 11.5 Å².